The van der Waals surface area contributed by atoms with Crippen molar-refractivity contribution < 1.29 is 15.3 Å². The molecule has 0 unspecified atom stereocenters. The Bertz CT molecular complexity index is 225. The van der Waals surface area contributed by atoms with Crippen LogP contribution in [0.3, 0.4) is 0 Å². The number of unbranched alkanes of at least 4 members (excludes halogenated alkanes) is 6. The van der Waals surface area contributed by atoms with Gasteiger partial charge in [0.25, 0.3) is 0 Å². The molecule has 0 spiro atoms. The van der Waals surface area contributed by atoms with E-state index in [2.05, 4.69) is 11.8 Å². The molecule has 3 N–H and O–H groups in total. The number of β-amino-alcohol motifs (C(OH)–C–C–N with tert-alkyl or cyclic N) is 1. The molecule has 0 bridgehead atoms. The average Bonchev–Trinajstić information content (AvgIpc) is 2.41. The molecular weight excluding hydrogens is 242 g/mol. The maximum Gasteiger partial charge on any atom is 0.0929 e. The van der Waals surface area contributed by atoms with Gasteiger partial charge in [-0.05, 0) is 13.0 Å². The van der Waals surface area contributed by atoms with Gasteiger partial charge >= 0.3 is 0 Å². The van der Waals surface area contributed by atoms with E-state index in [0.29, 0.717) is 13.1 Å². The molecule has 0 amide bonds. The molecule has 114 valence electrons. The molecule has 1 heterocycles. The Labute approximate surface area is 117 Å². The van der Waals surface area contributed by atoms with Crippen LogP contribution in [0.1, 0.15) is 51.9 Å². The van der Waals surface area contributed by atoms with E-state index in [1.54, 1.807) is 0 Å². The van der Waals surface area contributed by atoms with Crippen LogP contribution in [0.15, 0.2) is 0 Å². The highest BCUT2D eigenvalue weighted by molar-refractivity contribution is 4.86. The highest BCUT2D eigenvalue weighted by Gasteiger charge is 2.33. The van der Waals surface area contributed by atoms with Gasteiger partial charge in [0.15, 0.2) is 0 Å². The summed E-state index contributed by atoms with van der Waals surface area (Å²) in [4.78, 5) is 2.17. The van der Waals surface area contributed by atoms with Crippen molar-refractivity contribution in [2.75, 3.05) is 26.2 Å². The molecule has 4 heteroatoms. The Morgan fingerprint density at radius 1 is 0.947 bits per heavy atom. The molecule has 4 nitrogen and oxygen atoms in total. The monoisotopic (exact) mass is 273 g/mol. The first-order valence-corrected chi connectivity index (χ1v) is 7.88. The molecule has 0 aromatic rings. The van der Waals surface area contributed by atoms with Crippen LogP contribution in [0.4, 0.5) is 0 Å². The standard InChI is InChI=1S/C15H31NO3/c1-2-3-4-5-6-7-8-9-16-10-13(12-17)15(19)14(18)11-16/h13-15,17-19H,2-12H2,1H3/t13-,14-,15-/m1/s1. The van der Waals surface area contributed by atoms with E-state index >= 15 is 0 Å². The molecule has 3 atom stereocenters. The molecule has 0 saturated carbocycles. The third-order valence-electron chi connectivity index (χ3n) is 4.13. The molecule has 19 heavy (non-hydrogen) atoms. The molecular formula is C15H31NO3. The van der Waals surface area contributed by atoms with Crippen LogP contribution >= 0.6 is 0 Å². The molecule has 0 aliphatic carbocycles. The lowest BCUT2D eigenvalue weighted by Gasteiger charge is -2.38. The van der Waals surface area contributed by atoms with Crippen LogP contribution in [0.5, 0.6) is 0 Å². The summed E-state index contributed by atoms with van der Waals surface area (Å²) in [7, 11) is 0. The van der Waals surface area contributed by atoms with Gasteiger partial charge < -0.3 is 20.2 Å². The Morgan fingerprint density at radius 3 is 2.21 bits per heavy atom. The van der Waals surface area contributed by atoms with Crippen molar-refractivity contribution >= 4 is 0 Å². The van der Waals surface area contributed by atoms with Crippen molar-refractivity contribution in [1.82, 2.24) is 4.90 Å². The zero-order chi connectivity index (χ0) is 14.1. The smallest absolute Gasteiger partial charge is 0.0929 e. The van der Waals surface area contributed by atoms with Crippen molar-refractivity contribution in [2.45, 2.75) is 64.1 Å². The molecule has 1 aliphatic heterocycles. The number of nitrogens with zero attached hydrogens (tertiary/aromatic N) is 1. The van der Waals surface area contributed by atoms with Crippen LogP contribution in [0.2, 0.25) is 0 Å². The second-order valence-corrected chi connectivity index (χ2v) is 5.88. The molecule has 1 saturated heterocycles. The number of aliphatic hydroxyl groups is 3. The fourth-order valence-electron chi connectivity index (χ4n) is 2.84. The summed E-state index contributed by atoms with van der Waals surface area (Å²) >= 11 is 0. The lowest BCUT2D eigenvalue weighted by atomic mass is 9.93. The van der Waals surface area contributed by atoms with Crippen molar-refractivity contribution in [3.05, 3.63) is 0 Å². The second-order valence-electron chi connectivity index (χ2n) is 5.88. The van der Waals surface area contributed by atoms with Crippen LogP contribution in [0.25, 0.3) is 0 Å². The average molecular weight is 273 g/mol. The quantitative estimate of drug-likeness (QED) is 0.555. The Kier molecular flexibility index (Phi) is 8.62. The van der Waals surface area contributed by atoms with Crippen molar-refractivity contribution in [1.29, 1.82) is 0 Å². The first-order chi connectivity index (χ1) is 9.19. The number of aliphatic hydroxyl groups excluding tert-OH is 3. The summed E-state index contributed by atoms with van der Waals surface area (Å²) < 4.78 is 0. The van der Waals surface area contributed by atoms with E-state index < -0.39 is 12.2 Å². The highest BCUT2D eigenvalue weighted by Crippen LogP contribution is 2.18. The van der Waals surface area contributed by atoms with Crippen LogP contribution in [-0.2, 0) is 0 Å². The second kappa shape index (κ2) is 9.70. The summed E-state index contributed by atoms with van der Waals surface area (Å²) in [6.45, 7) is 4.38. The van der Waals surface area contributed by atoms with Crippen LogP contribution in [0, 0.1) is 5.92 Å². The van der Waals surface area contributed by atoms with Gasteiger partial charge in [-0.15, -0.1) is 0 Å². The summed E-state index contributed by atoms with van der Waals surface area (Å²) in [6, 6.07) is 0. The first kappa shape index (κ1) is 16.9. The molecule has 1 aliphatic rings. The minimum atomic E-state index is -0.768. The van der Waals surface area contributed by atoms with E-state index in [1.165, 1.54) is 38.5 Å². The van der Waals surface area contributed by atoms with E-state index in [4.69, 9.17) is 0 Å². The lowest BCUT2D eigenvalue weighted by Crippen LogP contribution is -2.53. The van der Waals surface area contributed by atoms with Crippen molar-refractivity contribution in [3.8, 4) is 0 Å². The Morgan fingerprint density at radius 2 is 1.58 bits per heavy atom. The van der Waals surface area contributed by atoms with E-state index in [1.807, 2.05) is 0 Å². The lowest BCUT2D eigenvalue weighted by molar-refractivity contribution is -0.0861. The number of hydrogen-bond donors (Lipinski definition) is 3. The molecule has 0 radical (unpaired) electrons. The summed E-state index contributed by atoms with van der Waals surface area (Å²) in [5.41, 5.74) is 0. The largest absolute Gasteiger partial charge is 0.396 e. The Hall–Kier alpha value is -0.160. The number of likely N-dealkylation sites (tertiary alicyclic amines) is 1. The van der Waals surface area contributed by atoms with Gasteiger partial charge in [0.1, 0.15) is 0 Å². The zero-order valence-corrected chi connectivity index (χ0v) is 12.3. The number of piperidine rings is 1. The summed E-state index contributed by atoms with van der Waals surface area (Å²) in [5, 5.41) is 28.6. The first-order valence-electron chi connectivity index (χ1n) is 7.88. The van der Waals surface area contributed by atoms with E-state index in [-0.39, 0.29) is 12.5 Å². The predicted molar refractivity (Wildman–Crippen MR) is 77.0 cm³/mol. The van der Waals surface area contributed by atoms with E-state index in [9.17, 15) is 15.3 Å². The summed E-state index contributed by atoms with van der Waals surface area (Å²) in [6.07, 6.45) is 7.50. The SMILES string of the molecule is CCCCCCCCCN1C[C@H](CO)[C@@H](O)[C@H](O)C1. The topological polar surface area (TPSA) is 63.9 Å². The maximum atomic E-state index is 9.75. The van der Waals surface area contributed by atoms with Gasteiger partial charge in [-0.1, -0.05) is 45.4 Å². The zero-order valence-electron chi connectivity index (χ0n) is 12.3. The molecule has 0 aromatic heterocycles. The molecule has 1 rings (SSSR count). The van der Waals surface area contributed by atoms with Gasteiger partial charge in [0.05, 0.1) is 12.2 Å². The van der Waals surface area contributed by atoms with Gasteiger partial charge in [-0.2, -0.15) is 0 Å². The fraction of sp³-hybridized carbons (Fsp3) is 1.00. The van der Waals surface area contributed by atoms with Crippen LogP contribution < -0.4 is 0 Å². The molecule has 1 fully saturated rings. The van der Waals surface area contributed by atoms with E-state index in [0.717, 1.165) is 13.0 Å². The van der Waals surface area contributed by atoms with Crippen LogP contribution in [-0.4, -0.2) is 58.7 Å². The fourth-order valence-corrected chi connectivity index (χ4v) is 2.84. The summed E-state index contributed by atoms with van der Waals surface area (Å²) in [5.74, 6) is -0.201. The Balaban J connectivity index is 2.09. The van der Waals surface area contributed by atoms with Crippen molar-refractivity contribution in [3.63, 3.8) is 0 Å². The highest BCUT2D eigenvalue weighted by atomic mass is 16.3. The van der Waals surface area contributed by atoms with Gasteiger partial charge in [-0.3, -0.25) is 0 Å². The third-order valence-corrected chi connectivity index (χ3v) is 4.13. The van der Waals surface area contributed by atoms with Gasteiger partial charge in [-0.25, -0.2) is 0 Å². The van der Waals surface area contributed by atoms with Gasteiger partial charge in [0.2, 0.25) is 0 Å². The normalized spacial score (nSPS) is 28.7. The molecule has 0 aromatic carbocycles. The van der Waals surface area contributed by atoms with Gasteiger partial charge in [0, 0.05) is 25.6 Å². The predicted octanol–water partition coefficient (Wildman–Crippen LogP) is 1.38. The maximum absolute atomic E-state index is 9.75. The van der Waals surface area contributed by atoms with Crippen molar-refractivity contribution in [2.24, 2.45) is 5.92 Å². The minimum absolute atomic E-state index is 0.0499. The minimum Gasteiger partial charge on any atom is -0.396 e. The third kappa shape index (κ3) is 6.21. The number of rotatable bonds is 9. The number of hydrogen-bond acceptors (Lipinski definition) is 4.